The van der Waals surface area contributed by atoms with E-state index in [2.05, 4.69) is 15.3 Å². The van der Waals surface area contributed by atoms with E-state index in [1.165, 1.54) is 0 Å². The molecule has 1 N–H and O–H groups in total. The van der Waals surface area contributed by atoms with E-state index in [9.17, 15) is 35.2 Å². The second-order valence-corrected chi connectivity index (χ2v) is 10.4. The van der Waals surface area contributed by atoms with Gasteiger partial charge in [0.25, 0.3) is 0 Å². The fourth-order valence-electron chi connectivity index (χ4n) is 4.06. The number of amides is 1. The van der Waals surface area contributed by atoms with Crippen molar-refractivity contribution in [2.24, 2.45) is 0 Å². The van der Waals surface area contributed by atoms with Gasteiger partial charge in [-0.25, -0.2) is 22.2 Å². The van der Waals surface area contributed by atoms with Crippen LogP contribution >= 0.6 is 0 Å². The highest BCUT2D eigenvalue weighted by Gasteiger charge is 2.46. The Bertz CT molecular complexity index is 1400. The van der Waals surface area contributed by atoms with Crippen LogP contribution in [0, 0.1) is 12.7 Å². The molecule has 0 bridgehead atoms. The van der Waals surface area contributed by atoms with E-state index < -0.39 is 45.8 Å². The lowest BCUT2D eigenvalue weighted by atomic mass is 10.0. The predicted octanol–water partition coefficient (Wildman–Crippen LogP) is 4.03. The maximum absolute atomic E-state index is 14.7. The Morgan fingerprint density at radius 3 is 2.43 bits per heavy atom. The number of hydrogen-bond acceptors (Lipinski definition) is 5. The van der Waals surface area contributed by atoms with Gasteiger partial charge in [-0.1, -0.05) is 11.6 Å². The van der Waals surface area contributed by atoms with Crippen molar-refractivity contribution in [2.45, 2.75) is 43.2 Å². The fraction of sp³-hybridized carbons (Fsp3) is 0.292. The van der Waals surface area contributed by atoms with Crippen LogP contribution in [0.1, 0.15) is 23.2 Å². The second-order valence-electron chi connectivity index (χ2n) is 8.53. The fourth-order valence-corrected chi connectivity index (χ4v) is 5.69. The first-order chi connectivity index (χ1) is 17.4. The van der Waals surface area contributed by atoms with Gasteiger partial charge in [-0.3, -0.25) is 9.78 Å². The standard InChI is InChI=1S/C24H21F5N4O3S/c1-14-8-15(10-16(9-14)20-12-31-21(13-30-20)24(27,28)29)11-32-23(34)22-19(26)6-7-33(22)37(35,36)18-4-2-17(25)3-5-18/h2-5,8-10,12-13,19,22H,6-7,11H2,1H3,(H,32,34). The maximum Gasteiger partial charge on any atom is 0.434 e. The van der Waals surface area contributed by atoms with Crippen molar-refractivity contribution >= 4 is 15.9 Å². The highest BCUT2D eigenvalue weighted by Crippen LogP contribution is 2.30. The summed E-state index contributed by atoms with van der Waals surface area (Å²) in [5, 5.41) is 2.54. The van der Waals surface area contributed by atoms with Crippen LogP contribution < -0.4 is 5.32 Å². The summed E-state index contributed by atoms with van der Waals surface area (Å²) in [5.41, 5.74) is 0.754. The van der Waals surface area contributed by atoms with Crippen LogP contribution in [0.2, 0.25) is 0 Å². The normalized spacial score (nSPS) is 18.6. The molecule has 2 atom stereocenters. The number of carbonyl (C=O) groups excluding carboxylic acids is 1. The number of hydrogen-bond donors (Lipinski definition) is 1. The van der Waals surface area contributed by atoms with Crippen molar-refractivity contribution < 1.29 is 35.2 Å². The van der Waals surface area contributed by atoms with E-state index in [1.54, 1.807) is 25.1 Å². The zero-order valence-electron chi connectivity index (χ0n) is 19.3. The molecule has 1 aliphatic heterocycles. The maximum atomic E-state index is 14.7. The molecule has 1 aromatic heterocycles. The van der Waals surface area contributed by atoms with Crippen LogP contribution in [0.25, 0.3) is 11.3 Å². The lowest BCUT2D eigenvalue weighted by molar-refractivity contribution is -0.141. The number of nitrogens with zero attached hydrogens (tertiary/aromatic N) is 3. The number of sulfonamides is 1. The summed E-state index contributed by atoms with van der Waals surface area (Å²) >= 11 is 0. The zero-order chi connectivity index (χ0) is 27.0. The van der Waals surface area contributed by atoms with Crippen LogP contribution in [-0.4, -0.2) is 47.4 Å². The van der Waals surface area contributed by atoms with Crippen LogP contribution in [0.4, 0.5) is 22.0 Å². The summed E-state index contributed by atoms with van der Waals surface area (Å²) in [6.45, 7) is 1.41. The molecule has 13 heteroatoms. The van der Waals surface area contributed by atoms with Gasteiger partial charge in [0.15, 0.2) is 5.69 Å². The second kappa shape index (κ2) is 10.1. The minimum absolute atomic E-state index is 0.102. The number of rotatable bonds is 6. The predicted molar refractivity (Wildman–Crippen MR) is 123 cm³/mol. The van der Waals surface area contributed by atoms with Crippen molar-refractivity contribution in [1.82, 2.24) is 19.6 Å². The van der Waals surface area contributed by atoms with E-state index in [0.29, 0.717) is 22.9 Å². The Morgan fingerprint density at radius 1 is 1.11 bits per heavy atom. The molecule has 2 aromatic carbocycles. The van der Waals surface area contributed by atoms with Gasteiger partial charge in [-0.2, -0.15) is 17.5 Å². The number of halogens is 5. The molecule has 7 nitrogen and oxygen atoms in total. The molecular formula is C24H21F5N4O3S. The van der Waals surface area contributed by atoms with E-state index in [-0.39, 0.29) is 30.1 Å². The molecule has 196 valence electrons. The third-order valence-corrected chi connectivity index (χ3v) is 7.70. The van der Waals surface area contributed by atoms with Gasteiger partial charge in [0.1, 0.15) is 18.0 Å². The number of alkyl halides is 4. The quantitative estimate of drug-likeness (QED) is 0.477. The molecule has 1 amide bonds. The first-order valence-corrected chi connectivity index (χ1v) is 12.5. The molecule has 1 aliphatic rings. The topological polar surface area (TPSA) is 92.3 Å². The summed E-state index contributed by atoms with van der Waals surface area (Å²) in [7, 11) is -4.26. The van der Waals surface area contributed by atoms with Gasteiger partial charge < -0.3 is 5.32 Å². The Kier molecular flexibility index (Phi) is 7.29. The Morgan fingerprint density at radius 2 is 1.81 bits per heavy atom. The zero-order valence-corrected chi connectivity index (χ0v) is 20.2. The molecule has 0 radical (unpaired) electrons. The van der Waals surface area contributed by atoms with Gasteiger partial charge in [0.2, 0.25) is 15.9 Å². The molecule has 4 rings (SSSR count). The van der Waals surface area contributed by atoms with E-state index in [1.807, 2.05) is 0 Å². The molecule has 2 unspecified atom stereocenters. The molecule has 0 spiro atoms. The van der Waals surface area contributed by atoms with Crippen molar-refractivity contribution in [3.05, 3.63) is 77.5 Å². The minimum Gasteiger partial charge on any atom is -0.351 e. The third kappa shape index (κ3) is 5.77. The van der Waals surface area contributed by atoms with Crippen molar-refractivity contribution in [3.8, 4) is 11.3 Å². The van der Waals surface area contributed by atoms with Gasteiger partial charge in [-0.05, 0) is 55.3 Å². The van der Waals surface area contributed by atoms with Crippen molar-refractivity contribution in [1.29, 1.82) is 0 Å². The van der Waals surface area contributed by atoms with Gasteiger partial charge in [0, 0.05) is 18.7 Å². The molecule has 1 fully saturated rings. The number of benzene rings is 2. The summed E-state index contributed by atoms with van der Waals surface area (Å²) in [6.07, 6.45) is -4.94. The highest BCUT2D eigenvalue weighted by atomic mass is 32.2. The lowest BCUT2D eigenvalue weighted by Gasteiger charge is -2.24. The lowest BCUT2D eigenvalue weighted by Crippen LogP contribution is -2.49. The van der Waals surface area contributed by atoms with Gasteiger partial charge >= 0.3 is 6.18 Å². The Balaban J connectivity index is 1.51. The monoisotopic (exact) mass is 540 g/mol. The van der Waals surface area contributed by atoms with Gasteiger partial charge in [0.05, 0.1) is 23.0 Å². The number of nitrogens with one attached hydrogen (secondary N) is 1. The average Bonchev–Trinajstić information content (AvgIpc) is 3.24. The first-order valence-electron chi connectivity index (χ1n) is 11.1. The van der Waals surface area contributed by atoms with E-state index >= 15 is 0 Å². The summed E-state index contributed by atoms with van der Waals surface area (Å²) < 4.78 is 92.9. The molecule has 0 aliphatic carbocycles. The van der Waals surface area contributed by atoms with Crippen LogP contribution in [0.15, 0.2) is 59.8 Å². The van der Waals surface area contributed by atoms with Crippen molar-refractivity contribution in [3.63, 3.8) is 0 Å². The smallest absolute Gasteiger partial charge is 0.351 e. The van der Waals surface area contributed by atoms with E-state index in [4.69, 9.17) is 0 Å². The number of aryl methyl sites for hydroxylation is 1. The summed E-state index contributed by atoms with van der Waals surface area (Å²) in [4.78, 5) is 19.9. The Labute approximate surface area is 209 Å². The third-order valence-electron chi connectivity index (χ3n) is 5.81. The minimum atomic E-state index is -4.62. The largest absolute Gasteiger partial charge is 0.434 e. The molecule has 0 saturated carbocycles. The number of aromatic nitrogens is 2. The van der Waals surface area contributed by atoms with Crippen LogP contribution in [0.3, 0.4) is 0 Å². The SMILES string of the molecule is Cc1cc(CNC(=O)C2C(F)CCN2S(=O)(=O)c2ccc(F)cc2)cc(-c2cnc(C(F)(F)F)cn2)c1. The van der Waals surface area contributed by atoms with E-state index in [0.717, 1.165) is 34.8 Å². The average molecular weight is 541 g/mol. The molecule has 1 saturated heterocycles. The molecular weight excluding hydrogens is 519 g/mol. The van der Waals surface area contributed by atoms with Crippen LogP contribution in [0.5, 0.6) is 0 Å². The first kappa shape index (κ1) is 26.6. The molecule has 2 heterocycles. The Hall–Kier alpha value is -3.45. The molecule has 3 aromatic rings. The highest BCUT2D eigenvalue weighted by molar-refractivity contribution is 7.89. The number of carbonyl (C=O) groups is 1. The van der Waals surface area contributed by atoms with Gasteiger partial charge in [-0.15, -0.1) is 0 Å². The summed E-state index contributed by atoms with van der Waals surface area (Å²) in [5.74, 6) is -1.49. The molecule has 37 heavy (non-hydrogen) atoms. The van der Waals surface area contributed by atoms with Crippen LogP contribution in [-0.2, 0) is 27.5 Å². The summed E-state index contributed by atoms with van der Waals surface area (Å²) in [6, 6.07) is 7.36. The van der Waals surface area contributed by atoms with Crippen molar-refractivity contribution in [2.75, 3.05) is 6.54 Å².